The number of likely N-dealkylation sites (N-methyl/N-ethyl adjacent to an activating group) is 1. The molecule has 0 aliphatic carbocycles. The molecule has 0 unspecified atom stereocenters. The Morgan fingerprint density at radius 1 is 1.38 bits per heavy atom. The summed E-state index contributed by atoms with van der Waals surface area (Å²) >= 11 is 0.987. The van der Waals surface area contributed by atoms with Gasteiger partial charge in [0.15, 0.2) is 0 Å². The zero-order valence-corrected chi connectivity index (χ0v) is 14.2. The summed E-state index contributed by atoms with van der Waals surface area (Å²) in [7, 11) is 0. The van der Waals surface area contributed by atoms with Crippen LogP contribution >= 0.6 is 11.8 Å². The van der Waals surface area contributed by atoms with Crippen molar-refractivity contribution in [2.24, 2.45) is 0 Å². The number of hydrogen-bond donors (Lipinski definition) is 1. The normalized spacial score (nSPS) is 16.1. The average Bonchev–Trinajstić information content (AvgIpc) is 2.46. The molecule has 1 aromatic carbocycles. The van der Waals surface area contributed by atoms with E-state index in [4.69, 9.17) is 0 Å². The number of benzene rings is 1. The van der Waals surface area contributed by atoms with Gasteiger partial charge < -0.3 is 10.2 Å². The van der Waals surface area contributed by atoms with Gasteiger partial charge in [-0.3, -0.25) is 9.59 Å². The van der Waals surface area contributed by atoms with Crippen molar-refractivity contribution in [3.63, 3.8) is 0 Å². The van der Waals surface area contributed by atoms with Crippen LogP contribution in [0.1, 0.15) is 26.3 Å². The fraction of sp³-hybridized carbons (Fsp3) is 0.375. The van der Waals surface area contributed by atoms with Gasteiger partial charge in [0, 0.05) is 23.6 Å². The van der Waals surface area contributed by atoms with Crippen molar-refractivity contribution in [3.05, 3.63) is 34.7 Å². The fourth-order valence-electron chi connectivity index (χ4n) is 2.31. The molecule has 4 nitrogen and oxygen atoms in total. The van der Waals surface area contributed by atoms with E-state index in [1.807, 2.05) is 20.8 Å². The summed E-state index contributed by atoms with van der Waals surface area (Å²) in [4.78, 5) is 26.5. The number of fused-ring (bicyclic) bond motifs is 1. The van der Waals surface area contributed by atoms with E-state index in [0.717, 1.165) is 23.9 Å². The first-order chi connectivity index (χ1) is 11.1. The van der Waals surface area contributed by atoms with Crippen LogP contribution in [-0.2, 0) is 15.8 Å². The van der Waals surface area contributed by atoms with E-state index >= 15 is 0 Å². The van der Waals surface area contributed by atoms with Crippen molar-refractivity contribution in [1.82, 2.24) is 4.90 Å². The van der Waals surface area contributed by atoms with Crippen molar-refractivity contribution in [1.29, 1.82) is 0 Å². The predicted octanol–water partition coefficient (Wildman–Crippen LogP) is 3.89. The van der Waals surface area contributed by atoms with Crippen LogP contribution in [0.4, 0.5) is 18.9 Å². The van der Waals surface area contributed by atoms with Gasteiger partial charge >= 0.3 is 6.18 Å². The molecule has 0 fully saturated rings. The molecule has 1 N–H and O–H groups in total. The third-order valence-corrected chi connectivity index (χ3v) is 4.60. The second kappa shape index (κ2) is 6.88. The van der Waals surface area contributed by atoms with Crippen LogP contribution in [0.25, 0.3) is 0 Å². The van der Waals surface area contributed by atoms with Crippen LogP contribution in [0, 0.1) is 0 Å². The minimum absolute atomic E-state index is 0.0161. The molecule has 0 bridgehead atoms. The lowest BCUT2D eigenvalue weighted by Gasteiger charge is -2.25. The van der Waals surface area contributed by atoms with E-state index in [1.54, 1.807) is 4.90 Å². The van der Waals surface area contributed by atoms with Gasteiger partial charge in [0.2, 0.25) is 5.91 Å². The molecule has 130 valence electrons. The summed E-state index contributed by atoms with van der Waals surface area (Å²) in [5.41, 5.74) is -0.733. The highest BCUT2D eigenvalue weighted by molar-refractivity contribution is 8.04. The van der Waals surface area contributed by atoms with Crippen molar-refractivity contribution >= 4 is 29.3 Å². The van der Waals surface area contributed by atoms with Crippen LogP contribution in [0.3, 0.4) is 0 Å². The summed E-state index contributed by atoms with van der Waals surface area (Å²) in [5, 5.41) is 2.42. The Balaban J connectivity index is 2.28. The maximum absolute atomic E-state index is 12.7. The first-order valence-corrected chi connectivity index (χ1v) is 8.18. The first-order valence-electron chi connectivity index (χ1n) is 7.36. The number of halogens is 3. The molecule has 1 aliphatic rings. The molecule has 0 atom stereocenters. The number of carbonyl (C=O) groups excluding carboxylic acids is 2. The van der Waals surface area contributed by atoms with E-state index in [1.165, 1.54) is 12.1 Å². The lowest BCUT2D eigenvalue weighted by atomic mass is 10.2. The maximum atomic E-state index is 12.7. The van der Waals surface area contributed by atoms with Gasteiger partial charge in [-0.1, -0.05) is 11.8 Å². The smallest absolute Gasteiger partial charge is 0.337 e. The Hall–Kier alpha value is -1.96. The number of hydrogen-bond acceptors (Lipinski definition) is 3. The SMILES string of the molecule is CCN(C(=O)/C=C1\Sc2ccc(C(F)(F)F)cc2NC1=O)C(C)C. The van der Waals surface area contributed by atoms with E-state index < -0.39 is 17.6 Å². The monoisotopic (exact) mass is 358 g/mol. The summed E-state index contributed by atoms with van der Waals surface area (Å²) < 4.78 is 38.2. The van der Waals surface area contributed by atoms with Gasteiger partial charge in [-0.15, -0.1) is 0 Å². The van der Waals surface area contributed by atoms with E-state index in [0.29, 0.717) is 11.4 Å². The Morgan fingerprint density at radius 3 is 2.58 bits per heavy atom. The highest BCUT2D eigenvalue weighted by Crippen LogP contribution is 2.41. The minimum Gasteiger partial charge on any atom is -0.337 e. The lowest BCUT2D eigenvalue weighted by Crippen LogP contribution is -2.36. The maximum Gasteiger partial charge on any atom is 0.416 e. The molecule has 24 heavy (non-hydrogen) atoms. The van der Waals surface area contributed by atoms with Crippen molar-refractivity contribution < 1.29 is 22.8 Å². The van der Waals surface area contributed by atoms with E-state index in [2.05, 4.69) is 5.32 Å². The zero-order chi connectivity index (χ0) is 18.1. The largest absolute Gasteiger partial charge is 0.416 e. The molecule has 1 aromatic rings. The number of nitrogens with one attached hydrogen (secondary N) is 1. The Bertz CT molecular complexity index is 699. The van der Waals surface area contributed by atoms with Gasteiger partial charge in [-0.05, 0) is 39.0 Å². The van der Waals surface area contributed by atoms with Crippen molar-refractivity contribution in [3.8, 4) is 0 Å². The minimum atomic E-state index is -4.48. The molecule has 0 spiro atoms. The topological polar surface area (TPSA) is 49.4 Å². The van der Waals surface area contributed by atoms with Crippen LogP contribution < -0.4 is 5.32 Å². The predicted molar refractivity (Wildman–Crippen MR) is 86.5 cm³/mol. The summed E-state index contributed by atoms with van der Waals surface area (Å²) in [6.45, 7) is 6.06. The highest BCUT2D eigenvalue weighted by Gasteiger charge is 2.32. The van der Waals surface area contributed by atoms with Gasteiger partial charge in [0.25, 0.3) is 5.91 Å². The molecule has 2 rings (SSSR count). The molecule has 0 aromatic heterocycles. The highest BCUT2D eigenvalue weighted by atomic mass is 32.2. The molecule has 0 radical (unpaired) electrons. The van der Waals surface area contributed by atoms with Gasteiger partial charge in [0.05, 0.1) is 16.2 Å². The number of nitrogens with zero attached hydrogens (tertiary/aromatic N) is 1. The standard InChI is InChI=1S/C16H17F3N2O2S/c1-4-21(9(2)3)14(22)8-13-15(23)20-11-7-10(16(17,18)19)5-6-12(11)24-13/h5-9H,4H2,1-3H3,(H,20,23)/b13-8-. The lowest BCUT2D eigenvalue weighted by molar-refractivity contribution is -0.137. The third kappa shape index (κ3) is 3.92. The van der Waals surface area contributed by atoms with Crippen LogP contribution in [0.15, 0.2) is 34.1 Å². The second-order valence-corrected chi connectivity index (χ2v) is 6.58. The quantitative estimate of drug-likeness (QED) is 0.834. The molecular weight excluding hydrogens is 341 g/mol. The number of carbonyl (C=O) groups is 2. The average molecular weight is 358 g/mol. The van der Waals surface area contributed by atoms with Gasteiger partial charge in [0.1, 0.15) is 0 Å². The molecule has 0 saturated heterocycles. The van der Waals surface area contributed by atoms with Crippen molar-refractivity contribution in [2.75, 3.05) is 11.9 Å². The number of anilines is 1. The summed E-state index contributed by atoms with van der Waals surface area (Å²) in [6.07, 6.45) is -3.25. The number of thioether (sulfide) groups is 1. The van der Waals surface area contributed by atoms with Crippen LogP contribution in [0.2, 0.25) is 0 Å². The van der Waals surface area contributed by atoms with E-state index in [-0.39, 0.29) is 22.5 Å². The molecule has 1 aliphatic heterocycles. The first kappa shape index (κ1) is 18.4. The molecule has 2 amide bonds. The third-order valence-electron chi connectivity index (χ3n) is 3.50. The molecule has 8 heteroatoms. The van der Waals surface area contributed by atoms with E-state index in [9.17, 15) is 22.8 Å². The Morgan fingerprint density at radius 2 is 2.04 bits per heavy atom. The van der Waals surface area contributed by atoms with Gasteiger partial charge in [-0.25, -0.2) is 0 Å². The Kier molecular flexibility index (Phi) is 5.27. The molecule has 0 saturated carbocycles. The molecule has 1 heterocycles. The zero-order valence-electron chi connectivity index (χ0n) is 13.4. The summed E-state index contributed by atoms with van der Waals surface area (Å²) in [6, 6.07) is 3.12. The van der Waals surface area contributed by atoms with Gasteiger partial charge in [-0.2, -0.15) is 13.2 Å². The van der Waals surface area contributed by atoms with Crippen LogP contribution in [-0.4, -0.2) is 29.3 Å². The number of rotatable bonds is 3. The summed E-state index contributed by atoms with van der Waals surface area (Å²) in [5.74, 6) is -0.888. The number of alkyl halides is 3. The molecular formula is C16H17F3N2O2S. The number of amides is 2. The second-order valence-electron chi connectivity index (χ2n) is 5.49. The Labute approximate surface area is 142 Å². The van der Waals surface area contributed by atoms with Crippen LogP contribution in [0.5, 0.6) is 0 Å². The van der Waals surface area contributed by atoms with Crippen molar-refractivity contribution in [2.45, 2.75) is 37.9 Å². The fourth-order valence-corrected chi connectivity index (χ4v) is 3.20.